The minimum Gasteiger partial charge on any atom is -0.259 e. The topological polar surface area (TPSA) is 12.4 Å². The Hall–Kier alpha value is 0.370. The van der Waals surface area contributed by atoms with Crippen molar-refractivity contribution >= 4 is 59.8 Å². The quantitative estimate of drug-likeness (QED) is 0.408. The highest BCUT2D eigenvalue weighted by atomic mass is 79.9. The second kappa shape index (κ2) is 9.59. The standard InChI is InChI=1S/C10H11Br2NS2/c1-4-5-13-10(14-6-8(2)11)15-7-9(3)12/h1H,2-3,5-7H2. The lowest BCUT2D eigenvalue weighted by molar-refractivity contribution is 1.31. The van der Waals surface area contributed by atoms with Gasteiger partial charge >= 0.3 is 0 Å². The summed E-state index contributed by atoms with van der Waals surface area (Å²) in [5, 5.41) is 0. The monoisotopic (exact) mass is 367 g/mol. The molecular formula is C10H11Br2NS2. The maximum atomic E-state index is 5.16. The van der Waals surface area contributed by atoms with Gasteiger partial charge in [0.25, 0.3) is 0 Å². The third-order valence-corrected chi connectivity index (χ3v) is 4.75. The summed E-state index contributed by atoms with van der Waals surface area (Å²) >= 11 is 9.85. The SMILES string of the molecule is C#CCN=C(SCC(=C)Br)SCC(=C)Br. The molecule has 0 amide bonds. The lowest BCUT2D eigenvalue weighted by Gasteiger charge is -2.03. The molecule has 0 aromatic heterocycles. The molecule has 0 spiro atoms. The molecule has 0 rings (SSSR count). The average molecular weight is 369 g/mol. The van der Waals surface area contributed by atoms with Gasteiger partial charge in [-0.2, -0.15) is 0 Å². The van der Waals surface area contributed by atoms with Crippen LogP contribution in [-0.4, -0.2) is 22.4 Å². The van der Waals surface area contributed by atoms with Crippen LogP contribution < -0.4 is 0 Å². The van der Waals surface area contributed by atoms with Crippen molar-refractivity contribution in [1.82, 2.24) is 0 Å². The molecule has 0 aliphatic rings. The van der Waals surface area contributed by atoms with E-state index in [9.17, 15) is 0 Å². The summed E-state index contributed by atoms with van der Waals surface area (Å²) in [6, 6.07) is 0. The summed E-state index contributed by atoms with van der Waals surface area (Å²) in [5.41, 5.74) is 0. The molecule has 0 N–H and O–H groups in total. The largest absolute Gasteiger partial charge is 0.259 e. The number of hydrogen-bond donors (Lipinski definition) is 0. The summed E-state index contributed by atoms with van der Waals surface area (Å²) in [6.45, 7) is 7.95. The van der Waals surface area contributed by atoms with Gasteiger partial charge in [-0.1, -0.05) is 74.5 Å². The van der Waals surface area contributed by atoms with Crippen molar-refractivity contribution in [2.45, 2.75) is 0 Å². The predicted molar refractivity (Wildman–Crippen MR) is 82.2 cm³/mol. The molecule has 5 heteroatoms. The average Bonchev–Trinajstić information content (AvgIpc) is 2.16. The first-order chi connectivity index (χ1) is 7.06. The number of terminal acetylenes is 1. The van der Waals surface area contributed by atoms with E-state index in [0.29, 0.717) is 6.54 Å². The fourth-order valence-corrected chi connectivity index (χ4v) is 2.77. The van der Waals surface area contributed by atoms with Gasteiger partial charge in [0, 0.05) is 11.5 Å². The van der Waals surface area contributed by atoms with Crippen LogP contribution in [0.2, 0.25) is 0 Å². The van der Waals surface area contributed by atoms with Crippen molar-refractivity contribution in [3.8, 4) is 12.3 Å². The molecule has 0 unspecified atom stereocenters. The van der Waals surface area contributed by atoms with E-state index in [2.05, 4.69) is 55.9 Å². The first-order valence-electron chi connectivity index (χ1n) is 3.96. The zero-order valence-electron chi connectivity index (χ0n) is 8.13. The molecule has 0 atom stereocenters. The van der Waals surface area contributed by atoms with Crippen molar-refractivity contribution < 1.29 is 0 Å². The Morgan fingerprint density at radius 2 is 1.67 bits per heavy atom. The zero-order chi connectivity index (χ0) is 11.7. The van der Waals surface area contributed by atoms with Crippen molar-refractivity contribution in [2.24, 2.45) is 4.99 Å². The molecule has 0 saturated carbocycles. The van der Waals surface area contributed by atoms with Gasteiger partial charge in [-0.3, -0.25) is 4.99 Å². The fourth-order valence-electron chi connectivity index (χ4n) is 0.523. The summed E-state index contributed by atoms with van der Waals surface area (Å²) in [7, 11) is 0. The third-order valence-electron chi connectivity index (χ3n) is 1.00. The van der Waals surface area contributed by atoms with Crippen LogP contribution in [-0.2, 0) is 0 Å². The highest BCUT2D eigenvalue weighted by Gasteiger charge is 2.02. The van der Waals surface area contributed by atoms with Gasteiger partial charge in [0.15, 0.2) is 0 Å². The Labute approximate surface area is 117 Å². The van der Waals surface area contributed by atoms with Crippen LogP contribution in [0.4, 0.5) is 0 Å². The summed E-state index contributed by atoms with van der Waals surface area (Å²) in [6.07, 6.45) is 5.16. The molecule has 0 bridgehead atoms. The molecule has 15 heavy (non-hydrogen) atoms. The molecule has 0 saturated heterocycles. The minimum absolute atomic E-state index is 0.416. The molecule has 0 aliphatic carbocycles. The number of nitrogens with zero attached hydrogens (tertiary/aromatic N) is 1. The Balaban J connectivity index is 4.13. The summed E-state index contributed by atoms with van der Waals surface area (Å²) in [4.78, 5) is 4.27. The molecule has 0 fully saturated rings. The van der Waals surface area contributed by atoms with Crippen LogP contribution in [0, 0.1) is 12.3 Å². The predicted octanol–water partition coefficient (Wildman–Crippen LogP) is 4.26. The first kappa shape index (κ1) is 15.4. The van der Waals surface area contributed by atoms with Crippen LogP contribution in [0.25, 0.3) is 0 Å². The van der Waals surface area contributed by atoms with Crippen LogP contribution in [0.3, 0.4) is 0 Å². The molecule has 0 heterocycles. The normalized spacial score (nSPS) is 9.13. The minimum atomic E-state index is 0.416. The highest BCUT2D eigenvalue weighted by Crippen LogP contribution is 2.23. The van der Waals surface area contributed by atoms with Gasteiger partial charge < -0.3 is 0 Å². The van der Waals surface area contributed by atoms with Gasteiger partial charge in [0.2, 0.25) is 0 Å². The van der Waals surface area contributed by atoms with E-state index in [1.165, 1.54) is 0 Å². The summed E-state index contributed by atoms with van der Waals surface area (Å²) < 4.78 is 2.85. The van der Waals surface area contributed by atoms with Crippen LogP contribution >= 0.6 is 55.4 Å². The number of aliphatic imine (C=N–C) groups is 1. The van der Waals surface area contributed by atoms with E-state index in [0.717, 1.165) is 24.8 Å². The molecule has 0 aromatic carbocycles. The van der Waals surface area contributed by atoms with Gasteiger partial charge in [-0.15, -0.1) is 6.42 Å². The van der Waals surface area contributed by atoms with Gasteiger partial charge in [-0.05, 0) is 8.96 Å². The van der Waals surface area contributed by atoms with Gasteiger partial charge in [-0.25, -0.2) is 0 Å². The fraction of sp³-hybridized carbons (Fsp3) is 0.300. The Bertz CT molecular complexity index is 285. The molecule has 0 radical (unpaired) electrons. The molecule has 1 nitrogen and oxygen atoms in total. The highest BCUT2D eigenvalue weighted by molar-refractivity contribution is 9.12. The van der Waals surface area contributed by atoms with Gasteiger partial charge in [0.1, 0.15) is 10.9 Å². The maximum Gasteiger partial charge on any atom is 0.126 e. The van der Waals surface area contributed by atoms with E-state index in [1.807, 2.05) is 0 Å². The van der Waals surface area contributed by atoms with Crippen molar-refractivity contribution in [3.05, 3.63) is 22.1 Å². The van der Waals surface area contributed by atoms with E-state index in [-0.39, 0.29) is 0 Å². The third kappa shape index (κ3) is 10.6. The van der Waals surface area contributed by atoms with E-state index in [1.54, 1.807) is 23.5 Å². The Kier molecular flexibility index (Phi) is 9.82. The van der Waals surface area contributed by atoms with Gasteiger partial charge in [0.05, 0.1) is 0 Å². The number of thioether (sulfide) groups is 2. The smallest absolute Gasteiger partial charge is 0.126 e. The van der Waals surface area contributed by atoms with Crippen LogP contribution in [0.15, 0.2) is 27.1 Å². The first-order valence-corrected chi connectivity index (χ1v) is 7.52. The molecular weight excluding hydrogens is 358 g/mol. The van der Waals surface area contributed by atoms with Crippen molar-refractivity contribution in [1.29, 1.82) is 0 Å². The van der Waals surface area contributed by atoms with Crippen molar-refractivity contribution in [3.63, 3.8) is 0 Å². The van der Waals surface area contributed by atoms with E-state index >= 15 is 0 Å². The maximum absolute atomic E-state index is 5.16. The van der Waals surface area contributed by atoms with Crippen LogP contribution in [0.1, 0.15) is 0 Å². The second-order valence-electron chi connectivity index (χ2n) is 2.40. The zero-order valence-corrected chi connectivity index (χ0v) is 12.9. The second-order valence-corrected chi connectivity index (χ2v) is 6.83. The number of rotatable bonds is 5. The lowest BCUT2D eigenvalue weighted by atomic mass is 10.7. The van der Waals surface area contributed by atoms with E-state index < -0.39 is 0 Å². The summed E-state index contributed by atoms with van der Waals surface area (Å²) in [5.74, 6) is 4.08. The van der Waals surface area contributed by atoms with E-state index in [4.69, 9.17) is 6.42 Å². The lowest BCUT2D eigenvalue weighted by Crippen LogP contribution is -1.92. The molecule has 0 aromatic rings. The Morgan fingerprint density at radius 3 is 2.00 bits per heavy atom. The molecule has 0 aliphatic heterocycles. The number of hydrogen-bond acceptors (Lipinski definition) is 3. The van der Waals surface area contributed by atoms with Crippen molar-refractivity contribution in [2.75, 3.05) is 18.1 Å². The number of halogens is 2. The van der Waals surface area contributed by atoms with Crippen LogP contribution in [0.5, 0.6) is 0 Å². The molecule has 82 valence electrons. The Morgan fingerprint density at radius 1 is 1.20 bits per heavy atom.